The summed E-state index contributed by atoms with van der Waals surface area (Å²) in [6, 6.07) is 4.33. The Morgan fingerprint density at radius 3 is 2.47 bits per heavy atom. The van der Waals surface area contributed by atoms with E-state index in [9.17, 15) is 8.42 Å². The first-order valence-electron chi connectivity index (χ1n) is 4.90. The SMILES string of the molecule is Cc1nc(Cl)ccc1NS(=O)(=O)c1cc(Cl)sc1Cl. The molecule has 0 aliphatic heterocycles. The van der Waals surface area contributed by atoms with Gasteiger partial charge in [-0.1, -0.05) is 34.8 Å². The van der Waals surface area contributed by atoms with E-state index in [0.717, 1.165) is 11.3 Å². The second-order valence-electron chi connectivity index (χ2n) is 3.56. The largest absolute Gasteiger partial charge is 0.278 e. The molecule has 1 N–H and O–H groups in total. The third-order valence-corrected chi connectivity index (χ3v) is 5.54. The van der Waals surface area contributed by atoms with Gasteiger partial charge in [0.25, 0.3) is 10.0 Å². The van der Waals surface area contributed by atoms with E-state index in [0.29, 0.717) is 15.7 Å². The minimum Gasteiger partial charge on any atom is -0.278 e. The fourth-order valence-electron chi connectivity index (χ4n) is 1.35. The van der Waals surface area contributed by atoms with Crippen molar-refractivity contribution in [2.45, 2.75) is 11.8 Å². The van der Waals surface area contributed by atoms with E-state index in [4.69, 9.17) is 34.8 Å². The van der Waals surface area contributed by atoms with Crippen molar-refractivity contribution in [2.24, 2.45) is 0 Å². The number of aryl methyl sites for hydroxylation is 1. The Bertz CT molecular complexity index is 728. The Hall–Kier alpha value is -0.530. The van der Waals surface area contributed by atoms with Crippen LogP contribution in [-0.2, 0) is 10.0 Å². The average Bonchev–Trinajstić information content (AvgIpc) is 2.63. The summed E-state index contributed by atoms with van der Waals surface area (Å²) >= 11 is 18.3. The van der Waals surface area contributed by atoms with Gasteiger partial charge >= 0.3 is 0 Å². The third kappa shape index (κ3) is 3.32. The number of hydrogen-bond donors (Lipinski definition) is 1. The summed E-state index contributed by atoms with van der Waals surface area (Å²) < 4.78 is 27.1. The quantitative estimate of drug-likeness (QED) is 0.837. The van der Waals surface area contributed by atoms with Crippen molar-refractivity contribution >= 4 is 61.9 Å². The van der Waals surface area contributed by atoms with Crippen molar-refractivity contribution < 1.29 is 8.42 Å². The fourth-order valence-corrected chi connectivity index (χ4v) is 4.80. The van der Waals surface area contributed by atoms with Crippen molar-refractivity contribution in [3.8, 4) is 0 Å². The van der Waals surface area contributed by atoms with E-state index >= 15 is 0 Å². The van der Waals surface area contributed by atoms with E-state index in [1.165, 1.54) is 18.2 Å². The van der Waals surface area contributed by atoms with Gasteiger partial charge in [0.05, 0.1) is 15.7 Å². The molecule has 0 radical (unpaired) electrons. The Balaban J connectivity index is 2.39. The lowest BCUT2D eigenvalue weighted by Crippen LogP contribution is -2.13. The lowest BCUT2D eigenvalue weighted by atomic mass is 10.3. The predicted octanol–water partition coefficient (Wildman–Crippen LogP) is 4.21. The Morgan fingerprint density at radius 1 is 1.26 bits per heavy atom. The summed E-state index contributed by atoms with van der Waals surface area (Å²) in [5, 5.41) is 0.289. The van der Waals surface area contributed by atoms with Crippen LogP contribution >= 0.6 is 46.1 Å². The van der Waals surface area contributed by atoms with Crippen LogP contribution in [0.3, 0.4) is 0 Å². The number of sulfonamides is 1. The first kappa shape index (κ1) is 14.9. The highest BCUT2D eigenvalue weighted by atomic mass is 35.5. The van der Waals surface area contributed by atoms with Crippen LogP contribution in [0.5, 0.6) is 0 Å². The van der Waals surface area contributed by atoms with Crippen molar-refractivity contribution in [2.75, 3.05) is 4.72 Å². The molecule has 0 bridgehead atoms. The number of halogens is 3. The zero-order valence-corrected chi connectivity index (χ0v) is 13.3. The smallest absolute Gasteiger partial charge is 0.264 e. The third-order valence-electron chi connectivity index (χ3n) is 2.21. The van der Waals surface area contributed by atoms with E-state index in [2.05, 4.69) is 9.71 Å². The van der Waals surface area contributed by atoms with Gasteiger partial charge in [0.2, 0.25) is 0 Å². The van der Waals surface area contributed by atoms with E-state index in [1.807, 2.05) is 0 Å². The van der Waals surface area contributed by atoms with Crippen LogP contribution in [-0.4, -0.2) is 13.4 Å². The van der Waals surface area contributed by atoms with Gasteiger partial charge in [-0.2, -0.15) is 0 Å². The van der Waals surface area contributed by atoms with E-state index in [-0.39, 0.29) is 14.4 Å². The van der Waals surface area contributed by atoms with Crippen LogP contribution in [0.2, 0.25) is 13.8 Å². The lowest BCUT2D eigenvalue weighted by Gasteiger charge is -2.09. The Kier molecular flexibility index (Phi) is 4.27. The molecule has 0 aliphatic carbocycles. The molecule has 0 aromatic carbocycles. The molecule has 2 aromatic heterocycles. The first-order valence-corrected chi connectivity index (χ1v) is 8.34. The molecule has 0 fully saturated rings. The molecule has 0 atom stereocenters. The average molecular weight is 358 g/mol. The predicted molar refractivity (Wildman–Crippen MR) is 79.1 cm³/mol. The number of aromatic nitrogens is 1. The van der Waals surface area contributed by atoms with Crippen molar-refractivity contribution in [1.82, 2.24) is 4.98 Å². The van der Waals surface area contributed by atoms with E-state index in [1.54, 1.807) is 6.92 Å². The van der Waals surface area contributed by atoms with Crippen LogP contribution < -0.4 is 4.72 Å². The first-order chi connectivity index (χ1) is 8.79. The molecule has 0 amide bonds. The highest BCUT2D eigenvalue weighted by molar-refractivity contribution is 7.93. The number of thiophene rings is 1. The van der Waals surface area contributed by atoms with Gasteiger partial charge in [0.15, 0.2) is 0 Å². The summed E-state index contributed by atoms with van der Waals surface area (Å²) in [4.78, 5) is 3.90. The Morgan fingerprint density at radius 2 is 1.95 bits per heavy atom. The van der Waals surface area contributed by atoms with Crippen LogP contribution in [0.15, 0.2) is 23.1 Å². The van der Waals surface area contributed by atoms with Crippen LogP contribution in [0.4, 0.5) is 5.69 Å². The standard InChI is InChI=1S/C10H7Cl3N2O2S2/c1-5-6(2-3-8(11)14-5)15-19(16,17)7-4-9(12)18-10(7)13/h2-4,15H,1H3. The molecular formula is C10H7Cl3N2O2S2. The molecule has 2 aromatic rings. The van der Waals surface area contributed by atoms with Crippen molar-refractivity contribution in [3.63, 3.8) is 0 Å². The minimum absolute atomic E-state index is 0.0569. The second kappa shape index (κ2) is 5.46. The van der Waals surface area contributed by atoms with Crippen LogP contribution in [0.1, 0.15) is 5.69 Å². The summed E-state index contributed by atoms with van der Waals surface area (Å²) in [7, 11) is -3.80. The molecule has 2 rings (SSSR count). The topological polar surface area (TPSA) is 59.1 Å². The lowest BCUT2D eigenvalue weighted by molar-refractivity contribution is 0.601. The van der Waals surface area contributed by atoms with Crippen molar-refractivity contribution in [1.29, 1.82) is 0 Å². The van der Waals surface area contributed by atoms with Crippen molar-refractivity contribution in [3.05, 3.63) is 37.7 Å². The number of hydrogen-bond acceptors (Lipinski definition) is 4. The number of nitrogens with one attached hydrogen (secondary N) is 1. The monoisotopic (exact) mass is 356 g/mol. The summed E-state index contributed by atoms with van der Waals surface area (Å²) in [6.07, 6.45) is 0. The highest BCUT2D eigenvalue weighted by Crippen LogP contribution is 2.35. The number of nitrogens with zero attached hydrogens (tertiary/aromatic N) is 1. The maximum atomic E-state index is 12.2. The molecule has 0 unspecified atom stereocenters. The summed E-state index contributed by atoms with van der Waals surface area (Å²) in [5.41, 5.74) is 0.802. The molecule has 0 aliphatic rings. The minimum atomic E-state index is -3.80. The second-order valence-corrected chi connectivity index (χ2v) is 7.88. The highest BCUT2D eigenvalue weighted by Gasteiger charge is 2.21. The summed E-state index contributed by atoms with van der Waals surface area (Å²) in [5.74, 6) is 0. The fraction of sp³-hybridized carbons (Fsp3) is 0.100. The van der Waals surface area contributed by atoms with Gasteiger partial charge in [-0.3, -0.25) is 4.72 Å². The number of rotatable bonds is 3. The van der Waals surface area contributed by atoms with E-state index < -0.39 is 10.0 Å². The van der Waals surface area contributed by atoms with Gasteiger partial charge in [0.1, 0.15) is 14.4 Å². The zero-order valence-electron chi connectivity index (χ0n) is 9.45. The molecule has 9 heteroatoms. The molecule has 0 saturated carbocycles. The molecule has 19 heavy (non-hydrogen) atoms. The molecular weight excluding hydrogens is 351 g/mol. The maximum Gasteiger partial charge on any atom is 0.264 e. The zero-order chi connectivity index (χ0) is 14.2. The number of anilines is 1. The molecule has 2 heterocycles. The molecule has 0 spiro atoms. The van der Waals surface area contributed by atoms with Gasteiger partial charge < -0.3 is 0 Å². The normalized spacial score (nSPS) is 11.6. The molecule has 102 valence electrons. The van der Waals surface area contributed by atoms with Crippen LogP contribution in [0, 0.1) is 6.92 Å². The maximum absolute atomic E-state index is 12.2. The van der Waals surface area contributed by atoms with Gasteiger partial charge in [-0.15, -0.1) is 11.3 Å². The van der Waals surface area contributed by atoms with Gasteiger partial charge in [-0.05, 0) is 25.1 Å². The van der Waals surface area contributed by atoms with Gasteiger partial charge in [-0.25, -0.2) is 13.4 Å². The molecule has 0 saturated heterocycles. The summed E-state index contributed by atoms with van der Waals surface area (Å²) in [6.45, 7) is 1.64. The van der Waals surface area contributed by atoms with Crippen LogP contribution in [0.25, 0.3) is 0 Å². The molecule has 4 nitrogen and oxygen atoms in total. The van der Waals surface area contributed by atoms with Gasteiger partial charge in [0, 0.05) is 0 Å². The number of pyridine rings is 1. The Labute approximate surface area is 129 Å².